The van der Waals surface area contributed by atoms with E-state index < -0.39 is 10.0 Å². The van der Waals surface area contributed by atoms with Gasteiger partial charge in [0, 0.05) is 10.9 Å². The Bertz CT molecular complexity index is 1190. The summed E-state index contributed by atoms with van der Waals surface area (Å²) in [6, 6.07) is 22.2. The van der Waals surface area contributed by atoms with Crippen molar-refractivity contribution in [2.45, 2.75) is 18.7 Å². The van der Waals surface area contributed by atoms with Crippen molar-refractivity contribution in [3.05, 3.63) is 83.9 Å². The molecule has 0 saturated carbocycles. The van der Waals surface area contributed by atoms with Crippen LogP contribution in [0.2, 0.25) is 0 Å². The van der Waals surface area contributed by atoms with Crippen molar-refractivity contribution in [2.75, 3.05) is 0 Å². The lowest BCUT2D eigenvalue weighted by molar-refractivity contribution is 0.582. The molecule has 26 heavy (non-hydrogen) atoms. The average Bonchev–Trinajstić information content (AvgIpc) is 3.02. The number of benzene rings is 3. The molecule has 1 aromatic heterocycles. The lowest BCUT2D eigenvalue weighted by Gasteiger charge is -2.06. The maximum atomic E-state index is 13.2. The molecule has 0 bridgehead atoms. The van der Waals surface area contributed by atoms with E-state index in [9.17, 15) is 8.42 Å². The van der Waals surface area contributed by atoms with Gasteiger partial charge in [-0.05, 0) is 37.6 Å². The Hall–Kier alpha value is -2.92. The lowest BCUT2D eigenvalue weighted by atomic mass is 10.1. The van der Waals surface area contributed by atoms with Crippen LogP contribution in [0.1, 0.15) is 11.1 Å². The molecular weight excluding hydrogens is 344 g/mol. The van der Waals surface area contributed by atoms with Crippen LogP contribution in [0.4, 0.5) is 0 Å². The molecule has 0 aliphatic rings. The Balaban J connectivity index is 2.01. The highest BCUT2D eigenvalue weighted by Crippen LogP contribution is 2.30. The normalized spacial score (nSPS) is 11.8. The summed E-state index contributed by atoms with van der Waals surface area (Å²) in [6.07, 6.45) is 0. The van der Waals surface area contributed by atoms with Crippen LogP contribution in [0.25, 0.3) is 22.2 Å². The number of hydrogen-bond donors (Lipinski definition) is 0. The maximum absolute atomic E-state index is 13.2. The van der Waals surface area contributed by atoms with Gasteiger partial charge in [-0.15, -0.1) is 0 Å². The monoisotopic (exact) mass is 362 g/mol. The SMILES string of the molecule is Cc1ccc(S(=O)(=O)n2nc(-c3ccccc3)c3ccc(C)cc32)cc1. The summed E-state index contributed by atoms with van der Waals surface area (Å²) in [6.45, 7) is 3.87. The van der Waals surface area contributed by atoms with Gasteiger partial charge in [0.15, 0.2) is 0 Å². The summed E-state index contributed by atoms with van der Waals surface area (Å²) in [5.74, 6) is 0. The van der Waals surface area contributed by atoms with Gasteiger partial charge in [-0.1, -0.05) is 60.2 Å². The van der Waals surface area contributed by atoms with Gasteiger partial charge in [0.25, 0.3) is 10.0 Å². The molecular formula is C21H18N2O2S. The molecule has 130 valence electrons. The Morgan fingerprint density at radius 2 is 1.46 bits per heavy atom. The molecule has 1 heterocycles. The molecule has 0 radical (unpaired) electrons. The predicted molar refractivity (Wildman–Crippen MR) is 104 cm³/mol. The van der Waals surface area contributed by atoms with Gasteiger partial charge in [-0.2, -0.15) is 17.6 Å². The summed E-state index contributed by atoms with van der Waals surface area (Å²) in [5.41, 5.74) is 4.13. The van der Waals surface area contributed by atoms with Crippen LogP contribution in [0.15, 0.2) is 77.7 Å². The van der Waals surface area contributed by atoms with Gasteiger partial charge in [0.2, 0.25) is 0 Å². The minimum atomic E-state index is -3.78. The third-order valence-corrected chi connectivity index (χ3v) is 6.00. The second kappa shape index (κ2) is 6.11. The van der Waals surface area contributed by atoms with Crippen molar-refractivity contribution in [1.29, 1.82) is 0 Å². The number of aromatic nitrogens is 2. The van der Waals surface area contributed by atoms with Crippen molar-refractivity contribution in [1.82, 2.24) is 9.19 Å². The van der Waals surface area contributed by atoms with Gasteiger partial charge in [-0.25, -0.2) is 0 Å². The van der Waals surface area contributed by atoms with E-state index in [4.69, 9.17) is 0 Å². The first-order valence-corrected chi connectivity index (χ1v) is 9.78. The summed E-state index contributed by atoms with van der Waals surface area (Å²) >= 11 is 0. The summed E-state index contributed by atoms with van der Waals surface area (Å²) < 4.78 is 27.6. The highest BCUT2D eigenvalue weighted by atomic mass is 32.2. The largest absolute Gasteiger partial charge is 0.283 e. The molecule has 4 aromatic rings. The zero-order chi connectivity index (χ0) is 18.3. The van der Waals surface area contributed by atoms with Gasteiger partial charge < -0.3 is 0 Å². The van der Waals surface area contributed by atoms with Crippen molar-refractivity contribution in [2.24, 2.45) is 0 Å². The van der Waals surface area contributed by atoms with E-state index in [1.807, 2.05) is 62.4 Å². The third-order valence-electron chi connectivity index (χ3n) is 4.40. The summed E-state index contributed by atoms with van der Waals surface area (Å²) in [4.78, 5) is 0.230. The van der Waals surface area contributed by atoms with Crippen LogP contribution in [0.3, 0.4) is 0 Å². The molecule has 0 N–H and O–H groups in total. The standard InChI is InChI=1S/C21H18N2O2S/c1-15-8-11-18(12-9-15)26(24,25)23-20-14-16(2)10-13-19(20)21(22-23)17-6-4-3-5-7-17/h3-14H,1-2H3. The highest BCUT2D eigenvalue weighted by Gasteiger charge is 2.23. The Labute approximate surface area is 152 Å². The van der Waals surface area contributed by atoms with E-state index in [2.05, 4.69) is 5.10 Å². The molecule has 0 amide bonds. The first-order chi connectivity index (χ1) is 12.5. The smallest absolute Gasteiger partial charge is 0.199 e. The fourth-order valence-electron chi connectivity index (χ4n) is 3.00. The predicted octanol–water partition coefficient (Wildman–Crippen LogP) is 4.56. The van der Waals surface area contributed by atoms with Crippen molar-refractivity contribution >= 4 is 20.9 Å². The number of hydrogen-bond acceptors (Lipinski definition) is 3. The first-order valence-electron chi connectivity index (χ1n) is 8.34. The molecule has 0 unspecified atom stereocenters. The number of nitrogens with zero attached hydrogens (tertiary/aromatic N) is 2. The minimum absolute atomic E-state index is 0.230. The van der Waals surface area contributed by atoms with Crippen LogP contribution in [0.5, 0.6) is 0 Å². The third kappa shape index (κ3) is 2.70. The molecule has 0 fully saturated rings. The summed E-state index contributed by atoms with van der Waals surface area (Å²) in [5, 5.41) is 5.32. The Morgan fingerprint density at radius 3 is 2.15 bits per heavy atom. The number of aryl methyl sites for hydroxylation is 2. The van der Waals surface area contributed by atoms with E-state index in [-0.39, 0.29) is 4.90 Å². The molecule has 0 aliphatic carbocycles. The van der Waals surface area contributed by atoms with E-state index >= 15 is 0 Å². The molecule has 0 spiro atoms. The molecule has 5 heteroatoms. The molecule has 0 atom stereocenters. The highest BCUT2D eigenvalue weighted by molar-refractivity contribution is 7.90. The van der Waals surface area contributed by atoms with Crippen LogP contribution in [0, 0.1) is 13.8 Å². The van der Waals surface area contributed by atoms with E-state index in [0.717, 1.165) is 26.2 Å². The maximum Gasteiger partial charge on any atom is 0.283 e. The van der Waals surface area contributed by atoms with Crippen LogP contribution in [-0.4, -0.2) is 17.6 Å². The second-order valence-electron chi connectivity index (χ2n) is 6.40. The van der Waals surface area contributed by atoms with Crippen LogP contribution < -0.4 is 0 Å². The fourth-order valence-corrected chi connectivity index (χ4v) is 4.28. The number of fused-ring (bicyclic) bond motifs is 1. The second-order valence-corrected chi connectivity index (χ2v) is 8.16. The fraction of sp³-hybridized carbons (Fsp3) is 0.0952. The molecule has 4 nitrogen and oxygen atoms in total. The summed E-state index contributed by atoms with van der Waals surface area (Å²) in [7, 11) is -3.78. The van der Waals surface area contributed by atoms with Crippen molar-refractivity contribution in [3.8, 4) is 11.3 Å². The Kier molecular flexibility index (Phi) is 3.89. The zero-order valence-electron chi connectivity index (χ0n) is 14.5. The Morgan fingerprint density at radius 1 is 0.808 bits per heavy atom. The van der Waals surface area contributed by atoms with Crippen LogP contribution >= 0.6 is 0 Å². The van der Waals surface area contributed by atoms with Crippen molar-refractivity contribution < 1.29 is 8.42 Å². The van der Waals surface area contributed by atoms with Gasteiger partial charge in [-0.3, -0.25) is 0 Å². The van der Waals surface area contributed by atoms with Gasteiger partial charge >= 0.3 is 0 Å². The molecule has 3 aromatic carbocycles. The molecule has 4 rings (SSSR count). The van der Waals surface area contributed by atoms with Gasteiger partial charge in [0.05, 0.1) is 10.4 Å². The minimum Gasteiger partial charge on any atom is -0.199 e. The first kappa shape index (κ1) is 16.5. The van der Waals surface area contributed by atoms with E-state index in [1.54, 1.807) is 24.3 Å². The quantitative estimate of drug-likeness (QED) is 0.537. The van der Waals surface area contributed by atoms with E-state index in [0.29, 0.717) is 11.2 Å². The van der Waals surface area contributed by atoms with E-state index in [1.165, 1.54) is 0 Å². The van der Waals surface area contributed by atoms with Crippen molar-refractivity contribution in [3.63, 3.8) is 0 Å². The topological polar surface area (TPSA) is 52.0 Å². The number of rotatable bonds is 3. The molecule has 0 saturated heterocycles. The average molecular weight is 362 g/mol. The van der Waals surface area contributed by atoms with Gasteiger partial charge in [0.1, 0.15) is 5.69 Å². The van der Waals surface area contributed by atoms with Crippen LogP contribution in [-0.2, 0) is 10.0 Å². The zero-order valence-corrected chi connectivity index (χ0v) is 15.4. The lowest BCUT2D eigenvalue weighted by Crippen LogP contribution is -2.14. The molecule has 0 aliphatic heterocycles.